The number of unbranched alkanes of at least 4 members (excludes halogenated alkanes) is 2. The van der Waals surface area contributed by atoms with E-state index in [4.69, 9.17) is 0 Å². The Balaban J connectivity index is 3.56. The van der Waals surface area contributed by atoms with Crippen molar-refractivity contribution in [2.24, 2.45) is 5.92 Å². The normalized spacial score (nSPS) is 12.9. The second-order valence-corrected chi connectivity index (χ2v) is 3.76. The Kier molecular flexibility index (Phi) is 7.67. The van der Waals surface area contributed by atoms with Crippen molar-refractivity contribution in [2.75, 3.05) is 0 Å². The number of hydrogen-bond donors (Lipinski definition) is 1. The number of thiol groups is 1. The molecule has 0 aromatic heterocycles. The van der Waals surface area contributed by atoms with Crippen LogP contribution in [0.25, 0.3) is 0 Å². The monoisotopic (exact) mass is 188 g/mol. The first-order valence-electron chi connectivity index (χ1n) is 4.95. The maximum atomic E-state index is 11.0. The lowest BCUT2D eigenvalue weighted by Gasteiger charge is -2.10. The van der Waals surface area contributed by atoms with Gasteiger partial charge in [-0.15, -0.1) is 12.6 Å². The fraction of sp³-hybridized carbons (Fsp3) is 0.900. The van der Waals surface area contributed by atoms with E-state index in [-0.39, 0.29) is 11.0 Å². The highest BCUT2D eigenvalue weighted by Gasteiger charge is 2.12. The number of rotatable bonds is 7. The Morgan fingerprint density at radius 2 is 1.83 bits per heavy atom. The Bertz CT molecular complexity index is 123. The molecular formula is C10H20OS. The van der Waals surface area contributed by atoms with Crippen LogP contribution in [0, 0.1) is 5.92 Å². The van der Waals surface area contributed by atoms with E-state index in [1.807, 2.05) is 0 Å². The average molecular weight is 188 g/mol. The molecule has 0 bridgehead atoms. The Morgan fingerprint density at radius 3 is 2.25 bits per heavy atom. The first-order valence-corrected chi connectivity index (χ1v) is 5.39. The van der Waals surface area contributed by atoms with E-state index in [1.54, 1.807) is 0 Å². The zero-order valence-corrected chi connectivity index (χ0v) is 9.07. The third kappa shape index (κ3) is 5.64. The van der Waals surface area contributed by atoms with Gasteiger partial charge in [0, 0.05) is 5.92 Å². The van der Waals surface area contributed by atoms with Gasteiger partial charge >= 0.3 is 0 Å². The van der Waals surface area contributed by atoms with Crippen LogP contribution < -0.4 is 0 Å². The van der Waals surface area contributed by atoms with Gasteiger partial charge in [-0.3, -0.25) is 4.79 Å². The molecule has 0 N–H and O–H groups in total. The lowest BCUT2D eigenvalue weighted by molar-refractivity contribution is -0.114. The molecular weight excluding hydrogens is 168 g/mol. The lowest BCUT2D eigenvalue weighted by atomic mass is 9.98. The van der Waals surface area contributed by atoms with Crippen LogP contribution in [-0.2, 0) is 4.79 Å². The molecule has 0 fully saturated rings. The molecule has 1 atom stereocenters. The summed E-state index contributed by atoms with van der Waals surface area (Å²) in [5.41, 5.74) is 0. The molecule has 1 unspecified atom stereocenters. The standard InChI is InChI=1S/C10H20OS/c1-3-5-6-8-9(7-4-2)10(11)12/h9H,3-8H2,1-2H3,(H,11,12). The molecule has 0 aromatic carbocycles. The Hall–Kier alpha value is 0.0200. The minimum absolute atomic E-state index is 0.0768. The van der Waals surface area contributed by atoms with Crippen molar-refractivity contribution < 1.29 is 4.79 Å². The fourth-order valence-corrected chi connectivity index (χ4v) is 1.64. The van der Waals surface area contributed by atoms with Gasteiger partial charge in [0.15, 0.2) is 5.12 Å². The highest BCUT2D eigenvalue weighted by atomic mass is 32.1. The molecule has 0 rings (SSSR count). The number of hydrogen-bond acceptors (Lipinski definition) is 1. The zero-order valence-electron chi connectivity index (χ0n) is 8.18. The van der Waals surface area contributed by atoms with Gasteiger partial charge in [-0.25, -0.2) is 0 Å². The molecule has 1 nitrogen and oxygen atoms in total. The molecule has 0 aromatic rings. The molecule has 72 valence electrons. The molecule has 0 aliphatic rings. The summed E-state index contributed by atoms with van der Waals surface area (Å²) in [5, 5.41) is 0.0768. The van der Waals surface area contributed by atoms with Gasteiger partial charge in [0.2, 0.25) is 0 Å². The predicted octanol–water partition coefficient (Wildman–Crippen LogP) is 3.44. The molecule has 0 aliphatic carbocycles. The van der Waals surface area contributed by atoms with Crippen molar-refractivity contribution in [3.8, 4) is 0 Å². The first kappa shape index (κ1) is 12.0. The van der Waals surface area contributed by atoms with E-state index in [1.165, 1.54) is 19.3 Å². The second kappa shape index (κ2) is 7.66. The maximum Gasteiger partial charge on any atom is 0.188 e. The van der Waals surface area contributed by atoms with Gasteiger partial charge in [-0.05, 0) is 12.8 Å². The van der Waals surface area contributed by atoms with Crippen LogP contribution >= 0.6 is 12.6 Å². The number of carbonyl (C=O) groups is 1. The molecule has 0 saturated carbocycles. The van der Waals surface area contributed by atoms with E-state index in [2.05, 4.69) is 26.5 Å². The van der Waals surface area contributed by atoms with Crippen molar-refractivity contribution in [1.82, 2.24) is 0 Å². The third-order valence-electron chi connectivity index (χ3n) is 2.14. The molecule has 0 spiro atoms. The summed E-state index contributed by atoms with van der Waals surface area (Å²) in [5.74, 6) is 0.213. The van der Waals surface area contributed by atoms with Crippen molar-refractivity contribution in [1.29, 1.82) is 0 Å². The van der Waals surface area contributed by atoms with Crippen molar-refractivity contribution in [3.63, 3.8) is 0 Å². The van der Waals surface area contributed by atoms with Gasteiger partial charge < -0.3 is 0 Å². The summed E-state index contributed by atoms with van der Waals surface area (Å²) >= 11 is 3.89. The molecule has 2 heteroatoms. The minimum atomic E-state index is 0.0768. The second-order valence-electron chi connectivity index (χ2n) is 3.32. The maximum absolute atomic E-state index is 11.0. The topological polar surface area (TPSA) is 17.1 Å². The van der Waals surface area contributed by atoms with E-state index < -0.39 is 0 Å². The van der Waals surface area contributed by atoms with Gasteiger partial charge in [0.25, 0.3) is 0 Å². The van der Waals surface area contributed by atoms with Crippen LogP contribution in [0.4, 0.5) is 0 Å². The van der Waals surface area contributed by atoms with Crippen molar-refractivity contribution in [2.45, 2.75) is 52.4 Å². The number of carbonyl (C=O) groups excluding carboxylic acids is 1. The molecule has 0 aliphatic heterocycles. The molecule has 0 amide bonds. The SMILES string of the molecule is CCCCCC(CCC)C(=O)S. The summed E-state index contributed by atoms with van der Waals surface area (Å²) in [7, 11) is 0. The van der Waals surface area contributed by atoms with Crippen LogP contribution in [0.2, 0.25) is 0 Å². The Morgan fingerprint density at radius 1 is 1.17 bits per heavy atom. The lowest BCUT2D eigenvalue weighted by Crippen LogP contribution is -2.08. The fourth-order valence-electron chi connectivity index (χ4n) is 1.38. The summed E-state index contributed by atoms with van der Waals surface area (Å²) in [6, 6.07) is 0. The van der Waals surface area contributed by atoms with Crippen LogP contribution in [0.15, 0.2) is 0 Å². The zero-order chi connectivity index (χ0) is 9.40. The molecule has 0 radical (unpaired) electrons. The van der Waals surface area contributed by atoms with Crippen molar-refractivity contribution in [3.05, 3.63) is 0 Å². The minimum Gasteiger partial charge on any atom is -0.287 e. The highest BCUT2D eigenvalue weighted by Crippen LogP contribution is 2.17. The molecule has 0 saturated heterocycles. The summed E-state index contributed by atoms with van der Waals surface area (Å²) < 4.78 is 0. The van der Waals surface area contributed by atoms with Crippen LogP contribution in [0.5, 0.6) is 0 Å². The van der Waals surface area contributed by atoms with Crippen LogP contribution in [-0.4, -0.2) is 5.12 Å². The van der Waals surface area contributed by atoms with Gasteiger partial charge in [0.1, 0.15) is 0 Å². The average Bonchev–Trinajstić information content (AvgIpc) is 2.03. The predicted molar refractivity (Wildman–Crippen MR) is 56.5 cm³/mol. The van der Waals surface area contributed by atoms with Gasteiger partial charge in [0.05, 0.1) is 0 Å². The van der Waals surface area contributed by atoms with Crippen LogP contribution in [0.3, 0.4) is 0 Å². The summed E-state index contributed by atoms with van der Waals surface area (Å²) in [4.78, 5) is 11.0. The highest BCUT2D eigenvalue weighted by molar-refractivity contribution is 7.96. The smallest absolute Gasteiger partial charge is 0.188 e. The van der Waals surface area contributed by atoms with Crippen LogP contribution in [0.1, 0.15) is 52.4 Å². The Labute approximate surface area is 81.3 Å². The quantitative estimate of drug-likeness (QED) is 0.478. The van der Waals surface area contributed by atoms with E-state index in [9.17, 15) is 4.79 Å². The first-order chi connectivity index (χ1) is 5.72. The van der Waals surface area contributed by atoms with E-state index in [0.717, 1.165) is 19.3 Å². The van der Waals surface area contributed by atoms with E-state index >= 15 is 0 Å². The van der Waals surface area contributed by atoms with E-state index in [0.29, 0.717) is 0 Å². The van der Waals surface area contributed by atoms with Gasteiger partial charge in [-0.2, -0.15) is 0 Å². The summed E-state index contributed by atoms with van der Waals surface area (Å²) in [6.07, 6.45) is 6.76. The molecule has 0 heterocycles. The summed E-state index contributed by atoms with van der Waals surface area (Å²) in [6.45, 7) is 4.29. The third-order valence-corrected chi connectivity index (χ3v) is 2.51. The molecule has 12 heavy (non-hydrogen) atoms. The largest absolute Gasteiger partial charge is 0.287 e. The van der Waals surface area contributed by atoms with Gasteiger partial charge in [-0.1, -0.05) is 39.5 Å². The van der Waals surface area contributed by atoms with Crippen molar-refractivity contribution >= 4 is 17.7 Å².